The predicted molar refractivity (Wildman–Crippen MR) is 93.6 cm³/mol. The van der Waals surface area contributed by atoms with Crippen molar-refractivity contribution in [3.63, 3.8) is 0 Å². The molecule has 2 N–H and O–H groups in total. The number of carbonyl (C=O) groups excluding carboxylic acids is 1. The molecular weight excluding hydrogens is 318 g/mol. The van der Waals surface area contributed by atoms with Gasteiger partial charge < -0.3 is 10.6 Å². The summed E-state index contributed by atoms with van der Waals surface area (Å²) >= 11 is 1.60. The number of nitrogens with zero attached hydrogens (tertiary/aromatic N) is 1. The van der Waals surface area contributed by atoms with Gasteiger partial charge >= 0.3 is 0 Å². The smallest absolute Gasteiger partial charge is 0.224 e. The van der Waals surface area contributed by atoms with E-state index in [2.05, 4.69) is 15.6 Å². The first-order valence-corrected chi connectivity index (χ1v) is 8.20. The summed E-state index contributed by atoms with van der Waals surface area (Å²) in [7, 11) is 0. The Labute approximate surface area is 140 Å². The summed E-state index contributed by atoms with van der Waals surface area (Å²) in [5.74, 6) is 0.746. The fraction of sp³-hybridized carbons (Fsp3) is 0.375. The van der Waals surface area contributed by atoms with Crippen LogP contribution in [0.1, 0.15) is 19.3 Å². The van der Waals surface area contributed by atoms with Gasteiger partial charge in [-0.15, -0.1) is 23.7 Å². The van der Waals surface area contributed by atoms with Gasteiger partial charge in [0.15, 0.2) is 0 Å². The molecule has 1 amide bonds. The Morgan fingerprint density at radius 1 is 1.45 bits per heavy atom. The van der Waals surface area contributed by atoms with Gasteiger partial charge in [0.2, 0.25) is 5.91 Å². The van der Waals surface area contributed by atoms with E-state index in [-0.39, 0.29) is 18.3 Å². The highest BCUT2D eigenvalue weighted by Crippen LogP contribution is 2.24. The molecular formula is C16H20ClN3OS. The third-order valence-electron chi connectivity index (χ3n) is 3.77. The molecule has 0 saturated carbocycles. The van der Waals surface area contributed by atoms with Gasteiger partial charge in [0.1, 0.15) is 5.01 Å². The minimum Gasteiger partial charge on any atom is -0.326 e. The van der Waals surface area contributed by atoms with E-state index in [4.69, 9.17) is 0 Å². The first kappa shape index (κ1) is 16.9. The summed E-state index contributed by atoms with van der Waals surface area (Å²) in [6, 6.07) is 7.87. The second kappa shape index (κ2) is 8.27. The van der Waals surface area contributed by atoms with Crippen LogP contribution in [0.3, 0.4) is 0 Å². The van der Waals surface area contributed by atoms with Gasteiger partial charge in [-0.1, -0.05) is 12.1 Å². The molecule has 0 aliphatic carbocycles. The van der Waals surface area contributed by atoms with Crippen LogP contribution in [-0.2, 0) is 4.79 Å². The monoisotopic (exact) mass is 337 g/mol. The molecule has 118 valence electrons. The van der Waals surface area contributed by atoms with E-state index < -0.39 is 0 Å². The zero-order chi connectivity index (χ0) is 14.5. The molecule has 1 aliphatic rings. The number of hydrogen-bond acceptors (Lipinski definition) is 4. The number of halogens is 1. The van der Waals surface area contributed by atoms with E-state index in [1.54, 1.807) is 17.5 Å². The maximum absolute atomic E-state index is 12.0. The van der Waals surface area contributed by atoms with Gasteiger partial charge in [-0.2, -0.15) is 0 Å². The first-order valence-electron chi connectivity index (χ1n) is 7.32. The Bertz CT molecular complexity index is 597. The molecule has 6 heteroatoms. The van der Waals surface area contributed by atoms with Gasteiger partial charge in [-0.25, -0.2) is 4.98 Å². The average Bonchev–Trinajstić information content (AvgIpc) is 3.19. The molecule has 1 saturated heterocycles. The summed E-state index contributed by atoms with van der Waals surface area (Å²) in [5.41, 5.74) is 1.89. The minimum absolute atomic E-state index is 0. The van der Waals surface area contributed by atoms with Crippen LogP contribution in [0.2, 0.25) is 0 Å². The summed E-state index contributed by atoms with van der Waals surface area (Å²) in [6.45, 7) is 2.13. The standard InChI is InChI=1S/C16H19N3OS.ClH/c20-15(5-4-12-6-7-17-11-12)19-14-3-1-2-13(10-14)16-18-8-9-21-16;/h1-3,8-10,12,17H,4-7,11H2,(H,19,20);1H. The number of benzene rings is 1. The van der Waals surface area contributed by atoms with E-state index in [1.165, 1.54) is 6.42 Å². The topological polar surface area (TPSA) is 54.0 Å². The highest BCUT2D eigenvalue weighted by molar-refractivity contribution is 7.13. The van der Waals surface area contributed by atoms with Crippen LogP contribution in [0.4, 0.5) is 5.69 Å². The lowest BCUT2D eigenvalue weighted by molar-refractivity contribution is -0.116. The molecule has 4 nitrogen and oxygen atoms in total. The van der Waals surface area contributed by atoms with E-state index in [0.29, 0.717) is 12.3 Å². The second-order valence-corrected chi connectivity index (χ2v) is 6.26. The SMILES string of the molecule is Cl.O=C(CCC1CCNC1)Nc1cccc(-c2nccs2)c1. The van der Waals surface area contributed by atoms with Gasteiger partial charge in [-0.3, -0.25) is 4.79 Å². The van der Waals surface area contributed by atoms with Crippen molar-refractivity contribution in [3.05, 3.63) is 35.8 Å². The van der Waals surface area contributed by atoms with Crippen LogP contribution in [0.15, 0.2) is 35.8 Å². The minimum atomic E-state index is 0. The van der Waals surface area contributed by atoms with Crippen molar-refractivity contribution in [2.75, 3.05) is 18.4 Å². The van der Waals surface area contributed by atoms with Crippen molar-refractivity contribution in [1.29, 1.82) is 0 Å². The highest BCUT2D eigenvalue weighted by Gasteiger charge is 2.15. The molecule has 3 rings (SSSR count). The number of rotatable bonds is 5. The number of anilines is 1. The zero-order valence-corrected chi connectivity index (χ0v) is 13.9. The van der Waals surface area contributed by atoms with Gasteiger partial charge in [-0.05, 0) is 44.0 Å². The van der Waals surface area contributed by atoms with E-state index in [0.717, 1.165) is 35.8 Å². The lowest BCUT2D eigenvalue weighted by Crippen LogP contribution is -2.15. The molecule has 2 aromatic rings. The van der Waals surface area contributed by atoms with Crippen molar-refractivity contribution in [2.45, 2.75) is 19.3 Å². The number of thiazole rings is 1. The predicted octanol–water partition coefficient (Wildman–Crippen LogP) is 3.56. The third-order valence-corrected chi connectivity index (χ3v) is 4.59. The molecule has 1 aromatic carbocycles. The van der Waals surface area contributed by atoms with Gasteiger partial charge in [0.05, 0.1) is 0 Å². The van der Waals surface area contributed by atoms with Crippen molar-refractivity contribution in [3.8, 4) is 10.6 Å². The van der Waals surface area contributed by atoms with Gasteiger partial charge in [0.25, 0.3) is 0 Å². The molecule has 0 spiro atoms. The van der Waals surface area contributed by atoms with Crippen LogP contribution >= 0.6 is 23.7 Å². The summed E-state index contributed by atoms with van der Waals surface area (Å²) in [5, 5.41) is 9.25. The van der Waals surface area contributed by atoms with Crippen LogP contribution in [0.5, 0.6) is 0 Å². The Morgan fingerprint density at radius 2 is 2.36 bits per heavy atom. The number of nitrogens with one attached hydrogen (secondary N) is 2. The third kappa shape index (κ3) is 4.53. The molecule has 0 bridgehead atoms. The largest absolute Gasteiger partial charge is 0.326 e. The maximum Gasteiger partial charge on any atom is 0.224 e. The second-order valence-electron chi connectivity index (χ2n) is 5.36. The van der Waals surface area contributed by atoms with Crippen molar-refractivity contribution in [1.82, 2.24) is 10.3 Å². The van der Waals surface area contributed by atoms with E-state index in [1.807, 2.05) is 29.6 Å². The van der Waals surface area contributed by atoms with Crippen LogP contribution < -0.4 is 10.6 Å². The molecule has 1 fully saturated rings. The van der Waals surface area contributed by atoms with E-state index in [9.17, 15) is 4.79 Å². The van der Waals surface area contributed by atoms with Crippen molar-refractivity contribution in [2.24, 2.45) is 5.92 Å². The lowest BCUT2D eigenvalue weighted by Gasteiger charge is -2.09. The van der Waals surface area contributed by atoms with Crippen molar-refractivity contribution < 1.29 is 4.79 Å². The quantitative estimate of drug-likeness (QED) is 0.877. The molecule has 1 unspecified atom stereocenters. The highest BCUT2D eigenvalue weighted by atomic mass is 35.5. The Morgan fingerprint density at radius 3 is 3.09 bits per heavy atom. The molecule has 22 heavy (non-hydrogen) atoms. The number of aromatic nitrogens is 1. The summed E-state index contributed by atoms with van der Waals surface area (Å²) in [6.07, 6.45) is 4.53. The molecule has 1 aliphatic heterocycles. The zero-order valence-electron chi connectivity index (χ0n) is 12.2. The number of amides is 1. The Balaban J connectivity index is 0.00000176. The first-order chi connectivity index (χ1) is 10.3. The Hall–Kier alpha value is -1.43. The average molecular weight is 338 g/mol. The van der Waals surface area contributed by atoms with Crippen LogP contribution in [0.25, 0.3) is 10.6 Å². The lowest BCUT2D eigenvalue weighted by atomic mass is 10.0. The van der Waals surface area contributed by atoms with E-state index >= 15 is 0 Å². The fourth-order valence-corrected chi connectivity index (χ4v) is 3.25. The molecule has 1 atom stereocenters. The molecule has 2 heterocycles. The van der Waals surface area contributed by atoms with Crippen LogP contribution in [-0.4, -0.2) is 24.0 Å². The van der Waals surface area contributed by atoms with Crippen molar-refractivity contribution >= 4 is 35.3 Å². The molecule has 1 aromatic heterocycles. The maximum atomic E-state index is 12.0. The fourth-order valence-electron chi connectivity index (χ4n) is 2.62. The number of carbonyl (C=O) groups is 1. The van der Waals surface area contributed by atoms with Gasteiger partial charge in [0, 0.05) is 29.2 Å². The normalized spacial score (nSPS) is 17.0. The summed E-state index contributed by atoms with van der Waals surface area (Å²) < 4.78 is 0. The molecule has 0 radical (unpaired) electrons. The van der Waals surface area contributed by atoms with Crippen LogP contribution in [0, 0.1) is 5.92 Å². The number of hydrogen-bond donors (Lipinski definition) is 2. The Kier molecular flexibility index (Phi) is 6.36. The summed E-state index contributed by atoms with van der Waals surface area (Å²) in [4.78, 5) is 16.3.